The van der Waals surface area contributed by atoms with Gasteiger partial charge in [-0.1, -0.05) is 29.8 Å². The van der Waals surface area contributed by atoms with E-state index in [1.165, 1.54) is 0 Å². The Bertz CT molecular complexity index is 490. The van der Waals surface area contributed by atoms with Gasteiger partial charge in [0.25, 0.3) is 0 Å². The van der Waals surface area contributed by atoms with Crippen LogP contribution < -0.4 is 0 Å². The number of amides is 1. The minimum atomic E-state index is -0.443. The average molecular weight is 298 g/mol. The molecule has 0 bridgehead atoms. The Morgan fingerprint density at radius 2 is 2.20 bits per heavy atom. The van der Waals surface area contributed by atoms with Gasteiger partial charge in [-0.25, -0.2) is 0 Å². The monoisotopic (exact) mass is 297 g/mol. The van der Waals surface area contributed by atoms with Crippen molar-refractivity contribution in [2.24, 2.45) is 0 Å². The average Bonchev–Trinajstić information content (AvgIpc) is 2.39. The number of rotatable bonds is 3. The van der Waals surface area contributed by atoms with Gasteiger partial charge in [-0.15, -0.1) is 0 Å². The number of halogens is 1. The van der Waals surface area contributed by atoms with E-state index >= 15 is 0 Å². The first-order valence-corrected chi connectivity index (χ1v) is 7.09. The molecule has 20 heavy (non-hydrogen) atoms. The van der Waals surface area contributed by atoms with Crippen LogP contribution in [0.25, 0.3) is 0 Å². The lowest BCUT2D eigenvalue weighted by molar-refractivity contribution is -0.166. The van der Waals surface area contributed by atoms with Crippen LogP contribution in [0.3, 0.4) is 0 Å². The minimum absolute atomic E-state index is 0.00734. The molecule has 1 aromatic carbocycles. The molecule has 1 atom stereocenters. The van der Waals surface area contributed by atoms with E-state index in [0.717, 1.165) is 5.56 Å². The van der Waals surface area contributed by atoms with Crippen LogP contribution in [0, 0.1) is 0 Å². The van der Waals surface area contributed by atoms with Crippen molar-refractivity contribution < 1.29 is 14.6 Å². The van der Waals surface area contributed by atoms with E-state index in [4.69, 9.17) is 16.3 Å². The van der Waals surface area contributed by atoms with Gasteiger partial charge < -0.3 is 14.7 Å². The zero-order valence-corrected chi connectivity index (χ0v) is 12.6. The van der Waals surface area contributed by atoms with Gasteiger partial charge in [0.2, 0.25) is 5.91 Å². The number of carbonyl (C=O) groups is 1. The van der Waals surface area contributed by atoms with E-state index in [1.54, 1.807) is 11.0 Å². The highest BCUT2D eigenvalue weighted by atomic mass is 35.5. The molecule has 1 N–H and O–H groups in total. The second-order valence-corrected chi connectivity index (χ2v) is 6.13. The molecule has 2 rings (SSSR count). The summed E-state index contributed by atoms with van der Waals surface area (Å²) >= 11 is 6.08. The van der Waals surface area contributed by atoms with Gasteiger partial charge >= 0.3 is 0 Å². The Labute approximate surface area is 124 Å². The summed E-state index contributed by atoms with van der Waals surface area (Å²) in [5, 5.41) is 9.88. The molecule has 1 fully saturated rings. The Kier molecular flexibility index (Phi) is 4.68. The van der Waals surface area contributed by atoms with Gasteiger partial charge in [-0.05, 0) is 25.5 Å². The van der Waals surface area contributed by atoms with Crippen LogP contribution in [-0.4, -0.2) is 47.3 Å². The van der Waals surface area contributed by atoms with Crippen molar-refractivity contribution in [3.63, 3.8) is 0 Å². The van der Waals surface area contributed by atoms with Crippen LogP contribution in [0.1, 0.15) is 19.4 Å². The molecular formula is C15H20ClNO3. The number of morpholine rings is 1. The molecule has 1 aliphatic heterocycles. The number of benzene rings is 1. The summed E-state index contributed by atoms with van der Waals surface area (Å²) in [6, 6.07) is 7.35. The van der Waals surface area contributed by atoms with Gasteiger partial charge in [0.15, 0.2) is 0 Å². The second kappa shape index (κ2) is 6.12. The molecule has 0 aliphatic carbocycles. The Balaban J connectivity index is 2.07. The highest BCUT2D eigenvalue weighted by Crippen LogP contribution is 2.22. The molecule has 0 saturated carbocycles. The molecule has 1 aromatic rings. The topological polar surface area (TPSA) is 49.8 Å². The van der Waals surface area contributed by atoms with Crippen LogP contribution in [0.4, 0.5) is 0 Å². The number of carbonyl (C=O) groups excluding carboxylic acids is 1. The highest BCUT2D eigenvalue weighted by molar-refractivity contribution is 6.31. The molecule has 1 heterocycles. The Hall–Kier alpha value is -1.10. The number of aliphatic hydroxyl groups excluding tert-OH is 1. The fourth-order valence-corrected chi connectivity index (χ4v) is 2.70. The quantitative estimate of drug-likeness (QED) is 0.927. The van der Waals surface area contributed by atoms with Crippen LogP contribution in [0.15, 0.2) is 24.3 Å². The van der Waals surface area contributed by atoms with Gasteiger partial charge in [0.05, 0.1) is 24.7 Å². The molecule has 110 valence electrons. The molecule has 4 nitrogen and oxygen atoms in total. The first-order chi connectivity index (χ1) is 9.41. The first-order valence-electron chi connectivity index (χ1n) is 6.71. The molecule has 0 radical (unpaired) electrons. The SMILES string of the molecule is CC1(C)CN(C(=O)Cc2ccccc2Cl)CC(CO)O1. The van der Waals surface area contributed by atoms with Gasteiger partial charge in [-0.2, -0.15) is 0 Å². The molecular weight excluding hydrogens is 278 g/mol. The maximum absolute atomic E-state index is 12.4. The Morgan fingerprint density at radius 1 is 1.50 bits per heavy atom. The third-order valence-corrected chi connectivity index (χ3v) is 3.71. The standard InChI is InChI=1S/C15H20ClNO3/c1-15(2)10-17(8-12(9-18)20-15)14(19)7-11-5-3-4-6-13(11)16/h3-6,12,18H,7-10H2,1-2H3. The van der Waals surface area contributed by atoms with Crippen molar-refractivity contribution in [3.05, 3.63) is 34.9 Å². The predicted molar refractivity (Wildman–Crippen MR) is 77.8 cm³/mol. The zero-order valence-electron chi connectivity index (χ0n) is 11.8. The lowest BCUT2D eigenvalue weighted by Gasteiger charge is -2.42. The van der Waals surface area contributed by atoms with E-state index in [9.17, 15) is 9.90 Å². The summed E-state index contributed by atoms with van der Waals surface area (Å²) in [7, 11) is 0. The third kappa shape index (κ3) is 3.72. The van der Waals surface area contributed by atoms with E-state index in [2.05, 4.69) is 0 Å². The number of hydrogen-bond acceptors (Lipinski definition) is 3. The second-order valence-electron chi connectivity index (χ2n) is 5.72. The molecule has 0 aromatic heterocycles. The lowest BCUT2D eigenvalue weighted by atomic mass is 10.0. The first kappa shape index (κ1) is 15.3. The van der Waals surface area contributed by atoms with Gasteiger partial charge in [0, 0.05) is 18.1 Å². The maximum atomic E-state index is 12.4. The number of ether oxygens (including phenoxy) is 1. The third-order valence-electron chi connectivity index (χ3n) is 3.34. The van der Waals surface area contributed by atoms with E-state index in [-0.39, 0.29) is 25.0 Å². The summed E-state index contributed by atoms with van der Waals surface area (Å²) in [4.78, 5) is 14.1. The van der Waals surface area contributed by atoms with Crippen molar-refractivity contribution in [1.82, 2.24) is 4.90 Å². The van der Waals surface area contributed by atoms with Crippen molar-refractivity contribution in [2.75, 3.05) is 19.7 Å². The van der Waals surface area contributed by atoms with Crippen LogP contribution in [-0.2, 0) is 16.0 Å². The molecule has 0 spiro atoms. The maximum Gasteiger partial charge on any atom is 0.227 e. The van der Waals surface area contributed by atoms with E-state index in [0.29, 0.717) is 18.1 Å². The summed E-state index contributed by atoms with van der Waals surface area (Å²) in [5.74, 6) is 0.00734. The summed E-state index contributed by atoms with van der Waals surface area (Å²) in [6.45, 7) is 4.70. The van der Waals surface area contributed by atoms with Crippen LogP contribution in [0.2, 0.25) is 5.02 Å². The Morgan fingerprint density at radius 3 is 2.85 bits per heavy atom. The van der Waals surface area contributed by atoms with Crippen LogP contribution >= 0.6 is 11.6 Å². The summed E-state index contributed by atoms with van der Waals surface area (Å²) in [5.41, 5.74) is 0.380. The van der Waals surface area contributed by atoms with E-state index < -0.39 is 5.60 Å². The zero-order chi connectivity index (χ0) is 14.8. The van der Waals surface area contributed by atoms with E-state index in [1.807, 2.05) is 32.0 Å². The van der Waals surface area contributed by atoms with Gasteiger partial charge in [-0.3, -0.25) is 4.79 Å². The fraction of sp³-hybridized carbons (Fsp3) is 0.533. The van der Waals surface area contributed by atoms with Crippen molar-refractivity contribution >= 4 is 17.5 Å². The van der Waals surface area contributed by atoms with Crippen molar-refractivity contribution in [3.8, 4) is 0 Å². The molecule has 5 heteroatoms. The predicted octanol–water partition coefficient (Wildman–Crippen LogP) is 1.88. The molecule has 1 aliphatic rings. The number of nitrogens with zero attached hydrogens (tertiary/aromatic N) is 1. The molecule has 1 saturated heterocycles. The largest absolute Gasteiger partial charge is 0.394 e. The molecule has 1 unspecified atom stereocenters. The smallest absolute Gasteiger partial charge is 0.227 e. The fourth-order valence-electron chi connectivity index (χ4n) is 2.50. The minimum Gasteiger partial charge on any atom is -0.394 e. The number of aliphatic hydroxyl groups is 1. The lowest BCUT2D eigenvalue weighted by Crippen LogP contribution is -2.55. The highest BCUT2D eigenvalue weighted by Gasteiger charge is 2.35. The normalized spacial score (nSPS) is 21.8. The summed E-state index contributed by atoms with van der Waals surface area (Å²) in [6.07, 6.45) is -0.0533. The summed E-state index contributed by atoms with van der Waals surface area (Å²) < 4.78 is 5.71. The van der Waals surface area contributed by atoms with Gasteiger partial charge in [0.1, 0.15) is 0 Å². The molecule has 1 amide bonds. The van der Waals surface area contributed by atoms with Crippen LogP contribution in [0.5, 0.6) is 0 Å². The number of hydrogen-bond donors (Lipinski definition) is 1. The van der Waals surface area contributed by atoms with Crippen molar-refractivity contribution in [2.45, 2.75) is 32.0 Å². The van der Waals surface area contributed by atoms with Crippen molar-refractivity contribution in [1.29, 1.82) is 0 Å².